The van der Waals surface area contributed by atoms with Crippen LogP contribution in [0.1, 0.15) is 48.1 Å². The molecule has 3 aromatic carbocycles. The third-order valence-corrected chi connectivity index (χ3v) is 8.57. The Morgan fingerprint density at radius 1 is 0.930 bits per heavy atom. The number of aromatic nitrogens is 5. The summed E-state index contributed by atoms with van der Waals surface area (Å²) in [6, 6.07) is 22.0. The SMILES string of the molecule is CC(C)(N)C(=O)NC[C@@H](c1c[nH]c2ccccc12)c1nnc(CCc2c[nH]c3ccccc23)n1Cc1ccc(Cl)c(Cl)c1. The summed E-state index contributed by atoms with van der Waals surface area (Å²) in [5, 5.41) is 15.8. The van der Waals surface area contributed by atoms with Crippen molar-refractivity contribution in [2.45, 2.75) is 44.7 Å². The second kappa shape index (κ2) is 11.9. The lowest BCUT2D eigenvalue weighted by Gasteiger charge is -2.23. The minimum atomic E-state index is -1.02. The van der Waals surface area contributed by atoms with E-state index in [9.17, 15) is 4.79 Å². The van der Waals surface area contributed by atoms with Gasteiger partial charge in [0, 0.05) is 47.2 Å². The van der Waals surface area contributed by atoms with Crippen LogP contribution in [-0.4, -0.2) is 42.7 Å². The summed E-state index contributed by atoms with van der Waals surface area (Å²) in [4.78, 5) is 19.6. The van der Waals surface area contributed by atoms with Crippen molar-refractivity contribution in [2.75, 3.05) is 6.54 Å². The van der Waals surface area contributed by atoms with Crippen molar-refractivity contribution in [1.29, 1.82) is 0 Å². The molecular formula is C33H33Cl2N7O. The molecule has 0 saturated carbocycles. The molecule has 3 heterocycles. The molecule has 0 fully saturated rings. The number of aryl methyl sites for hydroxylation is 2. The Balaban J connectivity index is 1.42. The Bertz CT molecular complexity index is 1910. The van der Waals surface area contributed by atoms with Crippen LogP contribution >= 0.6 is 23.2 Å². The first-order chi connectivity index (χ1) is 20.7. The minimum Gasteiger partial charge on any atom is -0.361 e. The van der Waals surface area contributed by atoms with E-state index in [1.165, 1.54) is 10.9 Å². The zero-order valence-electron chi connectivity index (χ0n) is 24.0. The van der Waals surface area contributed by atoms with E-state index in [4.69, 9.17) is 39.1 Å². The fourth-order valence-electron chi connectivity index (χ4n) is 5.51. The molecule has 8 nitrogen and oxygen atoms in total. The first-order valence-corrected chi connectivity index (χ1v) is 15.0. The summed E-state index contributed by atoms with van der Waals surface area (Å²) in [7, 11) is 0. The van der Waals surface area contributed by atoms with Gasteiger partial charge in [-0.15, -0.1) is 10.2 Å². The van der Waals surface area contributed by atoms with Crippen molar-refractivity contribution in [1.82, 2.24) is 30.0 Å². The number of nitrogens with zero attached hydrogens (tertiary/aromatic N) is 3. The minimum absolute atomic E-state index is 0.243. The van der Waals surface area contributed by atoms with Crippen LogP contribution in [0.2, 0.25) is 10.0 Å². The molecule has 0 spiro atoms. The Labute approximate surface area is 259 Å². The van der Waals surface area contributed by atoms with Gasteiger partial charge in [0.05, 0.1) is 28.0 Å². The Hall–Kier alpha value is -4.11. The summed E-state index contributed by atoms with van der Waals surface area (Å²) in [5.74, 6) is 1.02. The van der Waals surface area contributed by atoms with E-state index in [1.807, 2.05) is 48.7 Å². The summed E-state index contributed by atoms with van der Waals surface area (Å²) >= 11 is 12.7. The average molecular weight is 615 g/mol. The van der Waals surface area contributed by atoms with Gasteiger partial charge in [0.15, 0.2) is 0 Å². The van der Waals surface area contributed by atoms with E-state index >= 15 is 0 Å². The van der Waals surface area contributed by atoms with Crippen LogP contribution in [0.3, 0.4) is 0 Å². The fourth-order valence-corrected chi connectivity index (χ4v) is 5.84. The van der Waals surface area contributed by atoms with E-state index in [-0.39, 0.29) is 11.8 Å². The number of amides is 1. The van der Waals surface area contributed by atoms with E-state index in [2.05, 4.69) is 44.2 Å². The predicted octanol–water partition coefficient (Wildman–Crippen LogP) is 6.37. The predicted molar refractivity (Wildman–Crippen MR) is 173 cm³/mol. The van der Waals surface area contributed by atoms with Gasteiger partial charge in [-0.2, -0.15) is 0 Å². The van der Waals surface area contributed by atoms with E-state index in [1.54, 1.807) is 19.9 Å². The van der Waals surface area contributed by atoms with Gasteiger partial charge in [0.25, 0.3) is 0 Å². The van der Waals surface area contributed by atoms with Gasteiger partial charge < -0.3 is 25.6 Å². The molecular weight excluding hydrogens is 581 g/mol. The molecule has 6 rings (SSSR count). The second-order valence-corrected chi connectivity index (χ2v) is 12.3. The molecule has 5 N–H and O–H groups in total. The summed E-state index contributed by atoms with van der Waals surface area (Å²) < 4.78 is 2.14. The lowest BCUT2D eigenvalue weighted by molar-refractivity contribution is -0.125. The number of para-hydroxylation sites is 2. The van der Waals surface area contributed by atoms with Crippen molar-refractivity contribution < 1.29 is 4.79 Å². The summed E-state index contributed by atoms with van der Waals surface area (Å²) in [5.41, 5.74) is 10.4. The molecule has 0 aliphatic rings. The number of halogens is 2. The summed E-state index contributed by atoms with van der Waals surface area (Å²) in [6.45, 7) is 4.16. The van der Waals surface area contributed by atoms with Crippen LogP contribution in [0.5, 0.6) is 0 Å². The smallest absolute Gasteiger partial charge is 0.239 e. The average Bonchev–Trinajstić information content (AvgIpc) is 3.71. The molecule has 0 aliphatic carbocycles. The molecule has 220 valence electrons. The number of hydrogen-bond donors (Lipinski definition) is 4. The summed E-state index contributed by atoms with van der Waals surface area (Å²) in [6.07, 6.45) is 5.49. The lowest BCUT2D eigenvalue weighted by atomic mass is 9.96. The van der Waals surface area contributed by atoms with E-state index in [0.29, 0.717) is 29.6 Å². The number of hydrogen-bond acceptors (Lipinski definition) is 4. The Morgan fingerprint density at radius 2 is 1.63 bits per heavy atom. The lowest BCUT2D eigenvalue weighted by Crippen LogP contribution is -2.50. The number of aromatic amines is 2. The molecule has 0 radical (unpaired) electrons. The van der Waals surface area contributed by atoms with Crippen LogP contribution < -0.4 is 11.1 Å². The molecule has 6 aromatic rings. The Morgan fingerprint density at radius 3 is 2.37 bits per heavy atom. The zero-order chi connectivity index (χ0) is 30.1. The van der Waals surface area contributed by atoms with Crippen molar-refractivity contribution in [3.63, 3.8) is 0 Å². The number of carbonyl (C=O) groups excluding carboxylic acids is 1. The molecule has 1 amide bonds. The van der Waals surface area contributed by atoms with Crippen LogP contribution in [0.25, 0.3) is 21.8 Å². The number of H-pyrrole nitrogens is 2. The second-order valence-electron chi connectivity index (χ2n) is 11.4. The Kier molecular flexibility index (Phi) is 8.01. The number of fused-ring (bicyclic) bond motifs is 2. The fraction of sp³-hybridized carbons (Fsp3) is 0.242. The first-order valence-electron chi connectivity index (χ1n) is 14.2. The van der Waals surface area contributed by atoms with Gasteiger partial charge in [-0.3, -0.25) is 4.79 Å². The van der Waals surface area contributed by atoms with E-state index in [0.717, 1.165) is 45.6 Å². The van der Waals surface area contributed by atoms with Crippen molar-refractivity contribution in [3.8, 4) is 0 Å². The number of carbonyl (C=O) groups is 1. The highest BCUT2D eigenvalue weighted by Gasteiger charge is 2.29. The maximum absolute atomic E-state index is 12.9. The third-order valence-electron chi connectivity index (χ3n) is 7.83. The standard InChI is InChI=1S/C33H33Cl2N7O/c1-33(2,36)32(43)39-18-25(24-17-38-29-10-6-4-8-23(24)29)31-41-40-30(42(31)19-20-11-13-26(34)27(35)15-20)14-12-21-16-37-28-9-5-3-7-22(21)28/h3-11,13,15-17,25,37-38H,12,14,18-19,36H2,1-2H3,(H,39,43)/t25-/m0/s1. The quantitative estimate of drug-likeness (QED) is 0.144. The van der Waals surface area contributed by atoms with Crippen LogP contribution in [-0.2, 0) is 24.2 Å². The van der Waals surface area contributed by atoms with Gasteiger partial charge in [0.1, 0.15) is 11.6 Å². The van der Waals surface area contributed by atoms with E-state index < -0.39 is 5.54 Å². The topological polar surface area (TPSA) is 117 Å². The first kappa shape index (κ1) is 29.0. The highest BCUT2D eigenvalue weighted by Crippen LogP contribution is 2.32. The normalized spacial score (nSPS) is 12.7. The number of rotatable bonds is 10. The molecule has 0 unspecified atom stereocenters. The molecule has 43 heavy (non-hydrogen) atoms. The third kappa shape index (κ3) is 6.04. The number of benzene rings is 3. The van der Waals surface area contributed by atoms with Gasteiger partial charge >= 0.3 is 0 Å². The molecule has 10 heteroatoms. The molecule has 0 saturated heterocycles. The van der Waals surface area contributed by atoms with Crippen LogP contribution in [0.4, 0.5) is 0 Å². The van der Waals surface area contributed by atoms with Crippen LogP contribution in [0.15, 0.2) is 79.1 Å². The molecule has 0 aliphatic heterocycles. The van der Waals surface area contributed by atoms with Gasteiger partial charge in [0.2, 0.25) is 5.91 Å². The van der Waals surface area contributed by atoms with Crippen molar-refractivity contribution >= 4 is 50.9 Å². The zero-order valence-corrected chi connectivity index (χ0v) is 25.5. The van der Waals surface area contributed by atoms with Gasteiger partial charge in [-0.1, -0.05) is 65.7 Å². The largest absolute Gasteiger partial charge is 0.361 e. The number of nitrogens with one attached hydrogen (secondary N) is 3. The maximum Gasteiger partial charge on any atom is 0.239 e. The van der Waals surface area contributed by atoms with Crippen LogP contribution in [0, 0.1) is 0 Å². The molecule has 0 bridgehead atoms. The molecule has 1 atom stereocenters. The highest BCUT2D eigenvalue weighted by atomic mass is 35.5. The monoisotopic (exact) mass is 613 g/mol. The molecule has 3 aromatic heterocycles. The van der Waals surface area contributed by atoms with Gasteiger partial charge in [-0.05, 0) is 61.2 Å². The van der Waals surface area contributed by atoms with Crippen molar-refractivity contribution in [3.05, 3.63) is 118 Å². The van der Waals surface area contributed by atoms with Gasteiger partial charge in [-0.25, -0.2) is 0 Å². The van der Waals surface area contributed by atoms with Crippen molar-refractivity contribution in [2.24, 2.45) is 5.73 Å². The highest BCUT2D eigenvalue weighted by molar-refractivity contribution is 6.42. The number of nitrogens with two attached hydrogens (primary N) is 1. The maximum atomic E-state index is 12.9.